The minimum absolute atomic E-state index is 0.0788. The smallest absolute Gasteiger partial charge is 0.234 e. The number of carbonyl (C=O) groups excluding carboxylic acids is 1. The number of carbonyl (C=O) groups is 1. The van der Waals surface area contributed by atoms with E-state index in [-0.39, 0.29) is 11.7 Å². The number of thioether (sulfide) groups is 1. The molecule has 0 saturated carbocycles. The van der Waals surface area contributed by atoms with Crippen LogP contribution >= 0.6 is 11.8 Å². The fourth-order valence-corrected chi connectivity index (χ4v) is 3.64. The van der Waals surface area contributed by atoms with Gasteiger partial charge in [-0.05, 0) is 68.3 Å². The lowest BCUT2D eigenvalue weighted by Gasteiger charge is -2.10. The number of aromatic nitrogens is 3. The summed E-state index contributed by atoms with van der Waals surface area (Å²) in [6.45, 7) is 7.07. The molecule has 0 aliphatic rings. The Bertz CT molecular complexity index is 1000. The molecule has 0 spiro atoms. The summed E-state index contributed by atoms with van der Waals surface area (Å²) in [5, 5.41) is 12.1. The molecule has 1 amide bonds. The maximum Gasteiger partial charge on any atom is 0.234 e. The molecule has 30 heavy (non-hydrogen) atoms. The molecule has 0 saturated heterocycles. The predicted molar refractivity (Wildman–Crippen MR) is 118 cm³/mol. The van der Waals surface area contributed by atoms with Crippen LogP contribution < -0.4 is 14.8 Å². The molecule has 0 bridgehead atoms. The second-order valence-corrected chi connectivity index (χ2v) is 7.69. The molecule has 0 unspecified atom stereocenters. The molecule has 0 radical (unpaired) electrons. The number of methoxy groups -OCH3 is 1. The topological polar surface area (TPSA) is 78.3 Å². The first kappa shape index (κ1) is 21.7. The van der Waals surface area contributed by atoms with Crippen molar-refractivity contribution in [2.75, 3.05) is 18.2 Å². The van der Waals surface area contributed by atoms with Crippen molar-refractivity contribution in [3.63, 3.8) is 0 Å². The minimum atomic E-state index is -0.0788. The second kappa shape index (κ2) is 10.2. The van der Waals surface area contributed by atoms with Crippen LogP contribution in [0.1, 0.15) is 23.9 Å². The van der Waals surface area contributed by atoms with Crippen molar-refractivity contribution < 1.29 is 14.3 Å². The number of benzene rings is 2. The molecule has 1 aromatic heterocycles. The number of ether oxygens (including phenoxy) is 2. The lowest BCUT2D eigenvalue weighted by Crippen LogP contribution is -2.15. The van der Waals surface area contributed by atoms with Crippen molar-refractivity contribution in [2.45, 2.75) is 39.1 Å². The predicted octanol–water partition coefficient (Wildman–Crippen LogP) is 4.23. The molecule has 3 aromatic rings. The van der Waals surface area contributed by atoms with E-state index in [2.05, 4.69) is 15.5 Å². The van der Waals surface area contributed by atoms with Gasteiger partial charge in [0.05, 0.1) is 12.9 Å². The van der Waals surface area contributed by atoms with Crippen LogP contribution in [0, 0.1) is 13.8 Å². The lowest BCUT2D eigenvalue weighted by atomic mass is 10.1. The summed E-state index contributed by atoms with van der Waals surface area (Å²) in [4.78, 5) is 12.3. The highest BCUT2D eigenvalue weighted by Crippen LogP contribution is 2.21. The van der Waals surface area contributed by atoms with Gasteiger partial charge in [0.2, 0.25) is 5.91 Å². The Labute approximate surface area is 180 Å². The summed E-state index contributed by atoms with van der Waals surface area (Å²) in [6, 6.07) is 13.3. The summed E-state index contributed by atoms with van der Waals surface area (Å²) in [7, 11) is 1.63. The highest BCUT2D eigenvalue weighted by atomic mass is 32.2. The van der Waals surface area contributed by atoms with Crippen molar-refractivity contribution in [1.82, 2.24) is 14.8 Å². The Morgan fingerprint density at radius 3 is 2.47 bits per heavy atom. The molecule has 0 aliphatic heterocycles. The summed E-state index contributed by atoms with van der Waals surface area (Å²) < 4.78 is 12.9. The molecule has 7 nitrogen and oxygen atoms in total. The van der Waals surface area contributed by atoms with Crippen LogP contribution in [0.5, 0.6) is 11.5 Å². The number of hydrogen-bond acceptors (Lipinski definition) is 6. The van der Waals surface area contributed by atoms with Crippen molar-refractivity contribution in [2.24, 2.45) is 0 Å². The molecule has 2 aromatic carbocycles. The van der Waals surface area contributed by atoms with E-state index < -0.39 is 0 Å². The first-order valence-electron chi connectivity index (χ1n) is 9.69. The first-order chi connectivity index (χ1) is 14.5. The zero-order valence-electron chi connectivity index (χ0n) is 17.6. The van der Waals surface area contributed by atoms with Crippen LogP contribution in [0.3, 0.4) is 0 Å². The molecule has 158 valence electrons. The van der Waals surface area contributed by atoms with E-state index in [9.17, 15) is 4.79 Å². The third kappa shape index (κ3) is 5.54. The van der Waals surface area contributed by atoms with Gasteiger partial charge in [-0.25, -0.2) is 0 Å². The fourth-order valence-electron chi connectivity index (χ4n) is 2.82. The maximum absolute atomic E-state index is 12.3. The van der Waals surface area contributed by atoms with Crippen molar-refractivity contribution in [3.8, 4) is 11.5 Å². The van der Waals surface area contributed by atoms with Crippen LogP contribution in [0.4, 0.5) is 5.69 Å². The summed E-state index contributed by atoms with van der Waals surface area (Å²) in [5.74, 6) is 2.39. The van der Waals surface area contributed by atoms with Gasteiger partial charge >= 0.3 is 0 Å². The van der Waals surface area contributed by atoms with Gasteiger partial charge in [0.25, 0.3) is 0 Å². The van der Waals surface area contributed by atoms with Crippen LogP contribution in [-0.4, -0.2) is 33.5 Å². The number of rotatable bonds is 9. The fraction of sp³-hybridized carbons (Fsp3) is 0.318. The first-order valence-corrected chi connectivity index (χ1v) is 10.7. The van der Waals surface area contributed by atoms with E-state index in [0.717, 1.165) is 22.7 Å². The molecular weight excluding hydrogens is 400 g/mol. The Morgan fingerprint density at radius 2 is 1.80 bits per heavy atom. The van der Waals surface area contributed by atoms with Gasteiger partial charge in [0.1, 0.15) is 18.1 Å². The standard InChI is InChI=1S/C22H26N4O3S/c1-5-26-20(13-29-19-10-8-18(28-4)9-11-19)24-25-22(26)30-14-21(27)23-17-7-6-15(2)16(3)12-17/h6-12H,5,13-14H2,1-4H3,(H,23,27). The minimum Gasteiger partial charge on any atom is -0.497 e. The number of aryl methyl sites for hydroxylation is 2. The number of nitrogens with one attached hydrogen (secondary N) is 1. The van der Waals surface area contributed by atoms with Crippen LogP contribution in [-0.2, 0) is 17.9 Å². The highest BCUT2D eigenvalue weighted by molar-refractivity contribution is 7.99. The monoisotopic (exact) mass is 426 g/mol. The molecule has 8 heteroatoms. The summed E-state index contributed by atoms with van der Waals surface area (Å²) in [6.07, 6.45) is 0. The van der Waals surface area contributed by atoms with Gasteiger partial charge in [-0.1, -0.05) is 17.8 Å². The highest BCUT2D eigenvalue weighted by Gasteiger charge is 2.14. The number of amides is 1. The third-order valence-electron chi connectivity index (χ3n) is 4.66. The van der Waals surface area contributed by atoms with Gasteiger partial charge < -0.3 is 19.4 Å². The number of anilines is 1. The van der Waals surface area contributed by atoms with E-state index in [1.165, 1.54) is 17.3 Å². The molecule has 1 N–H and O–H groups in total. The second-order valence-electron chi connectivity index (χ2n) is 6.74. The van der Waals surface area contributed by atoms with Gasteiger partial charge in [-0.3, -0.25) is 4.79 Å². The van der Waals surface area contributed by atoms with Crippen LogP contribution in [0.2, 0.25) is 0 Å². The van der Waals surface area contributed by atoms with Gasteiger partial charge in [-0.15, -0.1) is 10.2 Å². The summed E-state index contributed by atoms with van der Waals surface area (Å²) in [5.41, 5.74) is 3.14. The zero-order chi connectivity index (χ0) is 21.5. The van der Waals surface area contributed by atoms with E-state index in [4.69, 9.17) is 9.47 Å². The normalized spacial score (nSPS) is 10.7. The van der Waals surface area contributed by atoms with Crippen LogP contribution in [0.25, 0.3) is 0 Å². The Kier molecular flexibility index (Phi) is 7.35. The van der Waals surface area contributed by atoms with Gasteiger partial charge in [0, 0.05) is 12.2 Å². The molecule has 1 heterocycles. The molecule has 0 atom stereocenters. The van der Waals surface area contributed by atoms with E-state index in [1.807, 2.05) is 67.8 Å². The number of hydrogen-bond donors (Lipinski definition) is 1. The van der Waals surface area contributed by atoms with E-state index in [1.54, 1.807) is 7.11 Å². The van der Waals surface area contributed by atoms with Crippen molar-refractivity contribution in [1.29, 1.82) is 0 Å². The third-order valence-corrected chi connectivity index (χ3v) is 5.63. The molecule has 3 rings (SSSR count). The SMILES string of the molecule is CCn1c(COc2ccc(OC)cc2)nnc1SCC(=O)Nc1ccc(C)c(C)c1. The Morgan fingerprint density at radius 1 is 1.07 bits per heavy atom. The quantitative estimate of drug-likeness (QED) is 0.516. The van der Waals surface area contributed by atoms with E-state index >= 15 is 0 Å². The molecule has 0 aliphatic carbocycles. The Balaban J connectivity index is 1.56. The largest absolute Gasteiger partial charge is 0.497 e. The summed E-state index contributed by atoms with van der Waals surface area (Å²) >= 11 is 1.36. The molecule has 0 fully saturated rings. The number of nitrogens with zero attached hydrogens (tertiary/aromatic N) is 3. The average Bonchev–Trinajstić information content (AvgIpc) is 3.15. The van der Waals surface area contributed by atoms with Gasteiger partial charge in [-0.2, -0.15) is 0 Å². The molecular formula is C22H26N4O3S. The van der Waals surface area contributed by atoms with E-state index in [0.29, 0.717) is 24.1 Å². The van der Waals surface area contributed by atoms with Crippen molar-refractivity contribution >= 4 is 23.4 Å². The zero-order valence-corrected chi connectivity index (χ0v) is 18.5. The maximum atomic E-state index is 12.3. The van der Waals surface area contributed by atoms with Crippen molar-refractivity contribution in [3.05, 3.63) is 59.4 Å². The van der Waals surface area contributed by atoms with Crippen LogP contribution in [0.15, 0.2) is 47.6 Å². The lowest BCUT2D eigenvalue weighted by molar-refractivity contribution is -0.113. The van der Waals surface area contributed by atoms with Gasteiger partial charge in [0.15, 0.2) is 11.0 Å². The average molecular weight is 427 g/mol. The Hall–Kier alpha value is -3.00.